The summed E-state index contributed by atoms with van der Waals surface area (Å²) in [6.07, 6.45) is 1.74. The first-order valence-electron chi connectivity index (χ1n) is 11.0. The first-order valence-corrected chi connectivity index (χ1v) is 11.0. The van der Waals surface area contributed by atoms with Crippen LogP contribution in [0.4, 0.5) is 11.5 Å². The molecule has 0 aliphatic carbocycles. The quantitative estimate of drug-likeness (QED) is 0.498. The number of hydrogen-bond donors (Lipinski definition) is 2. The fourth-order valence-electron chi connectivity index (χ4n) is 4.65. The van der Waals surface area contributed by atoms with Crippen molar-refractivity contribution in [2.75, 3.05) is 30.4 Å². The SMILES string of the molecule is COc1ncc2c(N3CC(C)NC(C)C3)ccc(C(=O)Nc3nn(C)c4ccccc34)c2n1. The number of anilines is 2. The zero-order chi connectivity index (χ0) is 23.1. The van der Waals surface area contributed by atoms with Gasteiger partial charge in [0.25, 0.3) is 5.91 Å². The molecule has 9 heteroatoms. The third kappa shape index (κ3) is 3.84. The van der Waals surface area contributed by atoms with Crippen LogP contribution >= 0.6 is 0 Å². The summed E-state index contributed by atoms with van der Waals surface area (Å²) in [6.45, 7) is 6.06. The van der Waals surface area contributed by atoms with Crippen molar-refractivity contribution in [1.82, 2.24) is 25.1 Å². The van der Waals surface area contributed by atoms with E-state index >= 15 is 0 Å². The number of aromatic nitrogens is 4. The molecule has 2 aromatic heterocycles. The Balaban J connectivity index is 1.57. The second-order valence-corrected chi connectivity index (χ2v) is 8.57. The Labute approximate surface area is 191 Å². The van der Waals surface area contributed by atoms with Gasteiger partial charge in [0.15, 0.2) is 5.82 Å². The highest BCUT2D eigenvalue weighted by Gasteiger charge is 2.25. The summed E-state index contributed by atoms with van der Waals surface area (Å²) in [5.74, 6) is 0.235. The van der Waals surface area contributed by atoms with Crippen molar-refractivity contribution in [1.29, 1.82) is 0 Å². The number of amides is 1. The van der Waals surface area contributed by atoms with Gasteiger partial charge in [-0.25, -0.2) is 4.98 Å². The number of fused-ring (bicyclic) bond motifs is 2. The standard InChI is InChI=1S/C24H27N7O2/c1-14-12-31(13-15(2)26-14)20-10-9-17(21-18(20)11-25-24(27-21)33-4)23(32)28-22-16-7-5-6-8-19(16)30(3)29-22/h5-11,14-15,26H,12-13H2,1-4H3,(H,28,29,32). The summed E-state index contributed by atoms with van der Waals surface area (Å²) in [5.41, 5.74) is 2.95. The van der Waals surface area contributed by atoms with Gasteiger partial charge in [0.2, 0.25) is 0 Å². The van der Waals surface area contributed by atoms with Gasteiger partial charge in [-0.15, -0.1) is 0 Å². The number of rotatable bonds is 4. The fraction of sp³-hybridized carbons (Fsp3) is 0.333. The highest BCUT2D eigenvalue weighted by molar-refractivity contribution is 6.15. The van der Waals surface area contributed by atoms with Gasteiger partial charge in [0, 0.05) is 54.9 Å². The van der Waals surface area contributed by atoms with Crippen LogP contribution in [0.3, 0.4) is 0 Å². The monoisotopic (exact) mass is 445 g/mol. The maximum absolute atomic E-state index is 13.4. The summed E-state index contributed by atoms with van der Waals surface area (Å²) in [5, 5.41) is 12.7. The largest absolute Gasteiger partial charge is 0.467 e. The molecule has 1 aliphatic heterocycles. The van der Waals surface area contributed by atoms with E-state index in [4.69, 9.17) is 4.74 Å². The molecule has 170 valence electrons. The summed E-state index contributed by atoms with van der Waals surface area (Å²) < 4.78 is 7.02. The molecule has 3 heterocycles. The minimum absolute atomic E-state index is 0.221. The van der Waals surface area contributed by atoms with Gasteiger partial charge in [-0.05, 0) is 38.1 Å². The molecule has 1 aliphatic rings. The van der Waals surface area contributed by atoms with Crippen LogP contribution in [0, 0.1) is 0 Å². The average Bonchev–Trinajstić information content (AvgIpc) is 3.12. The molecule has 2 atom stereocenters. The van der Waals surface area contributed by atoms with E-state index in [0.717, 1.165) is 35.1 Å². The number of nitrogens with zero attached hydrogens (tertiary/aromatic N) is 5. The second kappa shape index (κ2) is 8.32. The molecule has 1 saturated heterocycles. The van der Waals surface area contributed by atoms with E-state index in [1.165, 1.54) is 7.11 Å². The number of hydrogen-bond acceptors (Lipinski definition) is 7. The molecule has 1 amide bonds. The molecule has 2 unspecified atom stereocenters. The van der Waals surface area contributed by atoms with Gasteiger partial charge in [-0.2, -0.15) is 10.1 Å². The topological polar surface area (TPSA) is 97.2 Å². The maximum atomic E-state index is 13.4. The number of piperazine rings is 1. The highest BCUT2D eigenvalue weighted by atomic mass is 16.5. The van der Waals surface area contributed by atoms with Crippen molar-refractivity contribution < 1.29 is 9.53 Å². The first kappa shape index (κ1) is 21.1. The lowest BCUT2D eigenvalue weighted by Crippen LogP contribution is -2.54. The Kier molecular flexibility index (Phi) is 5.33. The third-order valence-corrected chi connectivity index (χ3v) is 6.02. The summed E-state index contributed by atoms with van der Waals surface area (Å²) in [6, 6.07) is 12.5. The molecule has 0 spiro atoms. The molecule has 1 fully saturated rings. The van der Waals surface area contributed by atoms with E-state index in [9.17, 15) is 4.79 Å². The number of nitrogens with one attached hydrogen (secondary N) is 2. The molecule has 9 nitrogen and oxygen atoms in total. The van der Waals surface area contributed by atoms with Crippen molar-refractivity contribution in [3.63, 3.8) is 0 Å². The van der Waals surface area contributed by atoms with E-state index in [-0.39, 0.29) is 11.9 Å². The number of benzene rings is 2. The molecule has 4 aromatic rings. The lowest BCUT2D eigenvalue weighted by molar-refractivity contribution is 0.102. The van der Waals surface area contributed by atoms with Crippen molar-refractivity contribution >= 4 is 39.2 Å². The minimum Gasteiger partial charge on any atom is -0.467 e. The molecular formula is C24H27N7O2. The van der Waals surface area contributed by atoms with Crippen LogP contribution in [0.1, 0.15) is 24.2 Å². The van der Waals surface area contributed by atoms with Crippen LogP contribution in [0.25, 0.3) is 21.8 Å². The number of aryl methyl sites for hydroxylation is 1. The first-order chi connectivity index (χ1) is 15.9. The summed E-state index contributed by atoms with van der Waals surface area (Å²) in [7, 11) is 3.38. The minimum atomic E-state index is -0.279. The molecule has 0 bridgehead atoms. The number of methoxy groups -OCH3 is 1. The Morgan fingerprint density at radius 1 is 1.12 bits per heavy atom. The zero-order valence-electron chi connectivity index (χ0n) is 19.2. The molecular weight excluding hydrogens is 418 g/mol. The van der Waals surface area contributed by atoms with Crippen LogP contribution in [-0.4, -0.2) is 57.9 Å². The normalized spacial score (nSPS) is 18.6. The van der Waals surface area contributed by atoms with E-state index < -0.39 is 0 Å². The third-order valence-electron chi connectivity index (χ3n) is 6.02. The predicted octanol–water partition coefficient (Wildman–Crippen LogP) is 2.96. The van der Waals surface area contributed by atoms with Crippen LogP contribution < -0.4 is 20.3 Å². The fourth-order valence-corrected chi connectivity index (χ4v) is 4.65. The van der Waals surface area contributed by atoms with E-state index in [0.29, 0.717) is 29.0 Å². The zero-order valence-corrected chi connectivity index (χ0v) is 19.2. The highest BCUT2D eigenvalue weighted by Crippen LogP contribution is 2.31. The van der Waals surface area contributed by atoms with Crippen molar-refractivity contribution in [3.8, 4) is 6.01 Å². The Morgan fingerprint density at radius 2 is 1.88 bits per heavy atom. The number of carbonyl (C=O) groups excluding carboxylic acids is 1. The Bertz CT molecular complexity index is 1340. The van der Waals surface area contributed by atoms with Crippen LogP contribution in [0.2, 0.25) is 0 Å². The van der Waals surface area contributed by atoms with E-state index in [1.807, 2.05) is 43.4 Å². The lowest BCUT2D eigenvalue weighted by Gasteiger charge is -2.38. The predicted molar refractivity (Wildman–Crippen MR) is 129 cm³/mol. The molecule has 0 radical (unpaired) electrons. The van der Waals surface area contributed by atoms with E-state index in [1.54, 1.807) is 10.9 Å². The average molecular weight is 446 g/mol. The molecule has 33 heavy (non-hydrogen) atoms. The van der Waals surface area contributed by atoms with Gasteiger partial charge >= 0.3 is 6.01 Å². The maximum Gasteiger partial charge on any atom is 0.316 e. The van der Waals surface area contributed by atoms with Gasteiger partial charge in [-0.3, -0.25) is 9.48 Å². The second-order valence-electron chi connectivity index (χ2n) is 8.57. The number of para-hydroxylation sites is 1. The molecule has 2 aromatic carbocycles. The van der Waals surface area contributed by atoms with Gasteiger partial charge < -0.3 is 20.3 Å². The molecule has 0 saturated carbocycles. The molecule has 2 N–H and O–H groups in total. The Morgan fingerprint density at radius 3 is 2.64 bits per heavy atom. The lowest BCUT2D eigenvalue weighted by atomic mass is 10.0. The van der Waals surface area contributed by atoms with Crippen molar-refractivity contribution in [3.05, 3.63) is 48.2 Å². The van der Waals surface area contributed by atoms with Gasteiger partial charge in [0.05, 0.1) is 23.7 Å². The Hall–Kier alpha value is -3.72. The van der Waals surface area contributed by atoms with Crippen molar-refractivity contribution in [2.45, 2.75) is 25.9 Å². The van der Waals surface area contributed by atoms with Crippen LogP contribution in [0.15, 0.2) is 42.6 Å². The van der Waals surface area contributed by atoms with Crippen LogP contribution in [-0.2, 0) is 7.05 Å². The van der Waals surface area contributed by atoms with Crippen LogP contribution in [0.5, 0.6) is 6.01 Å². The number of ether oxygens (including phenoxy) is 1. The summed E-state index contributed by atoms with van der Waals surface area (Å²) >= 11 is 0. The van der Waals surface area contributed by atoms with Gasteiger partial charge in [0.1, 0.15) is 0 Å². The van der Waals surface area contributed by atoms with E-state index in [2.05, 4.69) is 44.4 Å². The molecule has 5 rings (SSSR count). The number of carbonyl (C=O) groups is 1. The summed E-state index contributed by atoms with van der Waals surface area (Å²) in [4.78, 5) is 24.6. The van der Waals surface area contributed by atoms with Gasteiger partial charge in [-0.1, -0.05) is 12.1 Å². The van der Waals surface area contributed by atoms with Crippen molar-refractivity contribution in [2.24, 2.45) is 7.05 Å². The smallest absolute Gasteiger partial charge is 0.316 e.